The summed E-state index contributed by atoms with van der Waals surface area (Å²) in [7, 11) is 1.51. The number of nitrogens with zero attached hydrogens (tertiary/aromatic N) is 1. The monoisotopic (exact) mass is 320 g/mol. The maximum atomic E-state index is 12.3. The Hall–Kier alpha value is -2.27. The first-order chi connectivity index (χ1) is 10.7. The molecule has 0 spiro atoms. The van der Waals surface area contributed by atoms with Crippen LogP contribution in [0.4, 0.5) is 5.69 Å². The first kappa shape index (κ1) is 16.1. The Morgan fingerprint density at radius 2 is 2.05 bits per heavy atom. The lowest BCUT2D eigenvalue weighted by Gasteiger charge is -2.13. The zero-order valence-corrected chi connectivity index (χ0v) is 13.2. The number of rotatable bonds is 6. The van der Waals surface area contributed by atoms with Gasteiger partial charge in [-0.25, -0.2) is 0 Å². The normalized spacial score (nSPS) is 10.1. The van der Waals surface area contributed by atoms with Gasteiger partial charge in [0.25, 0.3) is 5.91 Å². The van der Waals surface area contributed by atoms with Crippen LogP contribution in [0.2, 0.25) is 5.02 Å². The van der Waals surface area contributed by atoms with Crippen LogP contribution in [-0.2, 0) is 0 Å². The van der Waals surface area contributed by atoms with Crippen LogP contribution >= 0.6 is 11.6 Å². The van der Waals surface area contributed by atoms with Crippen molar-refractivity contribution >= 4 is 23.2 Å². The number of pyridine rings is 1. The van der Waals surface area contributed by atoms with Crippen molar-refractivity contribution in [1.29, 1.82) is 0 Å². The van der Waals surface area contributed by atoms with Crippen molar-refractivity contribution in [1.82, 2.24) is 4.98 Å². The predicted molar refractivity (Wildman–Crippen MR) is 86.0 cm³/mol. The highest BCUT2D eigenvalue weighted by molar-refractivity contribution is 6.32. The second kappa shape index (κ2) is 7.66. The van der Waals surface area contributed by atoms with E-state index in [2.05, 4.69) is 10.3 Å². The molecular formula is C16H17ClN2O3. The number of carbonyl (C=O) groups excluding carboxylic acids is 1. The molecule has 1 aromatic heterocycles. The van der Waals surface area contributed by atoms with Crippen molar-refractivity contribution < 1.29 is 14.3 Å². The molecule has 1 heterocycles. The largest absolute Gasteiger partial charge is 0.493 e. The van der Waals surface area contributed by atoms with E-state index in [0.717, 1.165) is 6.42 Å². The molecule has 2 rings (SSSR count). The minimum absolute atomic E-state index is 0.284. The molecule has 0 aliphatic rings. The van der Waals surface area contributed by atoms with E-state index in [9.17, 15) is 4.79 Å². The average Bonchev–Trinajstić information content (AvgIpc) is 2.54. The molecular weight excluding hydrogens is 304 g/mol. The second-order valence-corrected chi connectivity index (χ2v) is 4.94. The summed E-state index contributed by atoms with van der Waals surface area (Å²) >= 11 is 6.20. The quantitative estimate of drug-likeness (QED) is 0.879. The number of nitrogens with one attached hydrogen (secondary N) is 1. The van der Waals surface area contributed by atoms with Crippen LogP contribution in [-0.4, -0.2) is 24.6 Å². The van der Waals surface area contributed by atoms with Gasteiger partial charge in [-0.1, -0.05) is 18.5 Å². The first-order valence-electron chi connectivity index (χ1n) is 6.87. The van der Waals surface area contributed by atoms with Gasteiger partial charge >= 0.3 is 0 Å². The summed E-state index contributed by atoms with van der Waals surface area (Å²) in [6.07, 6.45) is 4.06. The van der Waals surface area contributed by atoms with E-state index in [1.807, 2.05) is 6.92 Å². The number of halogens is 1. The second-order valence-electron chi connectivity index (χ2n) is 4.53. The number of hydrogen-bond acceptors (Lipinski definition) is 4. The molecule has 0 aliphatic heterocycles. The van der Waals surface area contributed by atoms with Gasteiger partial charge in [0.2, 0.25) is 0 Å². The lowest BCUT2D eigenvalue weighted by atomic mass is 10.2. The molecule has 0 bridgehead atoms. The number of ether oxygens (including phenoxy) is 2. The number of amides is 1. The molecule has 1 N–H and O–H groups in total. The van der Waals surface area contributed by atoms with E-state index in [4.69, 9.17) is 21.1 Å². The van der Waals surface area contributed by atoms with Crippen LogP contribution < -0.4 is 14.8 Å². The maximum absolute atomic E-state index is 12.3. The molecule has 0 saturated heterocycles. The number of hydrogen-bond donors (Lipinski definition) is 1. The van der Waals surface area contributed by atoms with Gasteiger partial charge in [0.1, 0.15) is 0 Å². The van der Waals surface area contributed by atoms with Crippen molar-refractivity contribution in [3.8, 4) is 11.5 Å². The molecule has 6 heteroatoms. The highest BCUT2D eigenvalue weighted by atomic mass is 35.5. The first-order valence-corrected chi connectivity index (χ1v) is 7.25. The van der Waals surface area contributed by atoms with Crippen LogP contribution in [0.1, 0.15) is 23.7 Å². The van der Waals surface area contributed by atoms with E-state index in [1.165, 1.54) is 7.11 Å². The van der Waals surface area contributed by atoms with E-state index < -0.39 is 0 Å². The van der Waals surface area contributed by atoms with Crippen LogP contribution in [0.15, 0.2) is 36.7 Å². The van der Waals surface area contributed by atoms with E-state index in [-0.39, 0.29) is 5.91 Å². The van der Waals surface area contributed by atoms with E-state index >= 15 is 0 Å². The average molecular weight is 321 g/mol. The molecule has 1 aromatic carbocycles. The molecule has 0 atom stereocenters. The zero-order chi connectivity index (χ0) is 15.9. The Labute approximate surface area is 134 Å². The molecule has 116 valence electrons. The summed E-state index contributed by atoms with van der Waals surface area (Å²) in [5.74, 6) is 0.598. The molecule has 22 heavy (non-hydrogen) atoms. The van der Waals surface area contributed by atoms with Crippen molar-refractivity contribution in [2.75, 3.05) is 19.0 Å². The van der Waals surface area contributed by atoms with Gasteiger partial charge in [-0.3, -0.25) is 9.78 Å². The zero-order valence-electron chi connectivity index (χ0n) is 12.4. The van der Waals surface area contributed by atoms with E-state index in [0.29, 0.717) is 34.4 Å². The highest BCUT2D eigenvalue weighted by Crippen LogP contribution is 2.36. The minimum Gasteiger partial charge on any atom is -0.493 e. The third-order valence-corrected chi connectivity index (χ3v) is 3.16. The molecule has 0 aliphatic carbocycles. The Kier molecular flexibility index (Phi) is 5.61. The Bertz CT molecular complexity index is 647. The molecule has 2 aromatic rings. The van der Waals surface area contributed by atoms with Gasteiger partial charge in [-0.05, 0) is 30.7 Å². The van der Waals surface area contributed by atoms with Gasteiger partial charge in [0.05, 0.1) is 18.7 Å². The Balaban J connectivity index is 2.24. The molecule has 0 unspecified atom stereocenters. The summed E-state index contributed by atoms with van der Waals surface area (Å²) in [6.45, 7) is 2.52. The third kappa shape index (κ3) is 3.89. The van der Waals surface area contributed by atoms with Gasteiger partial charge in [-0.2, -0.15) is 0 Å². The van der Waals surface area contributed by atoms with Gasteiger partial charge in [-0.15, -0.1) is 0 Å². The standard InChI is InChI=1S/C16H17ClN2O3/c1-3-8-22-15-13(17)9-11(10-14(15)21-2)16(20)19-12-4-6-18-7-5-12/h4-7,9-10H,3,8H2,1-2H3,(H,18,19,20). The number of aromatic nitrogens is 1. The fourth-order valence-corrected chi connectivity index (χ4v) is 2.10. The summed E-state index contributed by atoms with van der Waals surface area (Å²) < 4.78 is 10.8. The maximum Gasteiger partial charge on any atom is 0.255 e. The SMILES string of the molecule is CCCOc1c(Cl)cc(C(=O)Nc2ccncc2)cc1OC. The minimum atomic E-state index is -0.284. The van der Waals surface area contributed by atoms with Crippen molar-refractivity contribution in [3.63, 3.8) is 0 Å². The van der Waals surface area contributed by atoms with Gasteiger partial charge in [0, 0.05) is 23.6 Å². The topological polar surface area (TPSA) is 60.5 Å². The molecule has 1 amide bonds. The molecule has 0 saturated carbocycles. The highest BCUT2D eigenvalue weighted by Gasteiger charge is 2.16. The lowest BCUT2D eigenvalue weighted by molar-refractivity contribution is 0.102. The molecule has 5 nitrogen and oxygen atoms in total. The molecule has 0 fully saturated rings. The molecule has 0 radical (unpaired) electrons. The van der Waals surface area contributed by atoms with Crippen LogP contribution in [0.5, 0.6) is 11.5 Å². The van der Waals surface area contributed by atoms with Gasteiger partial charge < -0.3 is 14.8 Å². The summed E-state index contributed by atoms with van der Waals surface area (Å²) in [5, 5.41) is 3.11. The van der Waals surface area contributed by atoms with Crippen molar-refractivity contribution in [2.45, 2.75) is 13.3 Å². The number of carbonyl (C=O) groups is 1. The van der Waals surface area contributed by atoms with Crippen molar-refractivity contribution in [2.24, 2.45) is 0 Å². The fraction of sp³-hybridized carbons (Fsp3) is 0.250. The van der Waals surface area contributed by atoms with Crippen molar-refractivity contribution in [3.05, 3.63) is 47.2 Å². The van der Waals surface area contributed by atoms with Gasteiger partial charge in [0.15, 0.2) is 11.5 Å². The van der Waals surface area contributed by atoms with E-state index in [1.54, 1.807) is 36.7 Å². The smallest absolute Gasteiger partial charge is 0.255 e. The number of methoxy groups -OCH3 is 1. The number of benzene rings is 1. The number of anilines is 1. The third-order valence-electron chi connectivity index (χ3n) is 2.88. The summed E-state index contributed by atoms with van der Waals surface area (Å²) in [4.78, 5) is 16.2. The Morgan fingerprint density at radius 1 is 1.32 bits per heavy atom. The predicted octanol–water partition coefficient (Wildman–Crippen LogP) is 3.78. The van der Waals surface area contributed by atoms with Crippen LogP contribution in [0.3, 0.4) is 0 Å². The van der Waals surface area contributed by atoms with Crippen LogP contribution in [0.25, 0.3) is 0 Å². The summed E-state index contributed by atoms with van der Waals surface area (Å²) in [6, 6.07) is 6.57. The lowest BCUT2D eigenvalue weighted by Crippen LogP contribution is -2.12. The summed E-state index contributed by atoms with van der Waals surface area (Å²) in [5.41, 5.74) is 1.05. The Morgan fingerprint density at radius 3 is 2.68 bits per heavy atom. The van der Waals surface area contributed by atoms with Crippen LogP contribution in [0, 0.1) is 0 Å². The fourth-order valence-electron chi connectivity index (χ4n) is 1.83.